The smallest absolute Gasteiger partial charge is 0.416 e. The number of furan rings is 1. The van der Waals surface area contributed by atoms with Gasteiger partial charge in [0.25, 0.3) is 5.91 Å². The zero-order valence-corrected chi connectivity index (χ0v) is 22.3. The number of carbonyl (C=O) groups is 2. The average molecular weight is 596 g/mol. The van der Waals surface area contributed by atoms with Gasteiger partial charge in [-0.2, -0.15) is 26.3 Å². The van der Waals surface area contributed by atoms with Gasteiger partial charge in [-0.3, -0.25) is 14.5 Å². The van der Waals surface area contributed by atoms with Crippen molar-refractivity contribution >= 4 is 11.8 Å². The monoisotopic (exact) mass is 595 g/mol. The third-order valence-corrected chi connectivity index (χ3v) is 7.60. The van der Waals surface area contributed by atoms with Crippen molar-refractivity contribution in [3.05, 3.63) is 94.4 Å². The number of nitrogens with zero attached hydrogens (tertiary/aromatic N) is 2. The van der Waals surface area contributed by atoms with Crippen LogP contribution < -0.4 is 5.32 Å². The van der Waals surface area contributed by atoms with Crippen LogP contribution in [0.2, 0.25) is 0 Å². The number of rotatable bonds is 6. The lowest BCUT2D eigenvalue weighted by Gasteiger charge is -2.48. The van der Waals surface area contributed by atoms with E-state index in [9.17, 15) is 35.9 Å². The maximum absolute atomic E-state index is 14.0. The summed E-state index contributed by atoms with van der Waals surface area (Å²) in [4.78, 5) is 31.0. The van der Waals surface area contributed by atoms with Gasteiger partial charge in [0.2, 0.25) is 5.91 Å². The van der Waals surface area contributed by atoms with Crippen molar-refractivity contribution in [3.8, 4) is 0 Å². The quantitative estimate of drug-likeness (QED) is 0.376. The number of hydrogen-bond acceptors (Lipinski definition) is 5. The first-order chi connectivity index (χ1) is 19.9. The topological polar surface area (TPSA) is 75.0 Å². The van der Waals surface area contributed by atoms with Crippen LogP contribution in [0.5, 0.6) is 0 Å². The highest BCUT2D eigenvalue weighted by Crippen LogP contribution is 2.47. The molecule has 0 radical (unpaired) electrons. The summed E-state index contributed by atoms with van der Waals surface area (Å²) in [5, 5.41) is 2.69. The van der Waals surface area contributed by atoms with Crippen molar-refractivity contribution in [2.24, 2.45) is 0 Å². The van der Waals surface area contributed by atoms with E-state index in [0.717, 1.165) is 0 Å². The first kappa shape index (κ1) is 29.6. The van der Waals surface area contributed by atoms with Crippen LogP contribution in [0.4, 0.5) is 26.3 Å². The molecule has 3 atom stereocenters. The van der Waals surface area contributed by atoms with Crippen molar-refractivity contribution < 1.29 is 45.1 Å². The summed E-state index contributed by atoms with van der Waals surface area (Å²) in [5.41, 5.74) is -3.20. The third-order valence-electron chi connectivity index (χ3n) is 7.60. The minimum atomic E-state index is -5.12. The molecule has 3 unspecified atom stereocenters. The number of amides is 2. The van der Waals surface area contributed by atoms with E-state index >= 15 is 0 Å². The van der Waals surface area contributed by atoms with Crippen LogP contribution in [0, 0.1) is 0 Å². The molecule has 2 aromatic carbocycles. The fourth-order valence-electron chi connectivity index (χ4n) is 5.57. The molecule has 1 N–H and O–H groups in total. The zero-order valence-electron chi connectivity index (χ0n) is 22.3. The summed E-state index contributed by atoms with van der Waals surface area (Å²) in [6.07, 6.45) is -9.65. The lowest BCUT2D eigenvalue weighted by atomic mass is 9.78. The second-order valence-corrected chi connectivity index (χ2v) is 10.1. The molecule has 5 rings (SSSR count). The Bertz CT molecular complexity index is 1400. The fourth-order valence-corrected chi connectivity index (χ4v) is 5.57. The molecule has 1 aromatic heterocycles. The minimum Gasteiger partial charge on any atom is -0.467 e. The molecule has 1 fully saturated rings. The first-order valence-corrected chi connectivity index (χ1v) is 13.2. The van der Waals surface area contributed by atoms with Crippen molar-refractivity contribution in [1.29, 1.82) is 0 Å². The van der Waals surface area contributed by atoms with Crippen LogP contribution in [0.25, 0.3) is 0 Å². The van der Waals surface area contributed by atoms with Gasteiger partial charge in [-0.25, -0.2) is 0 Å². The molecular formula is C29H27F6N3O4. The number of hydrogen-bond donors (Lipinski definition) is 1. The second-order valence-electron chi connectivity index (χ2n) is 10.1. The Balaban J connectivity index is 1.71. The summed E-state index contributed by atoms with van der Waals surface area (Å²) < 4.78 is 94.3. The molecule has 3 aromatic rings. The van der Waals surface area contributed by atoms with E-state index < -0.39 is 59.0 Å². The van der Waals surface area contributed by atoms with Gasteiger partial charge in [0, 0.05) is 18.7 Å². The highest BCUT2D eigenvalue weighted by Gasteiger charge is 2.48. The standard InChI is InChI=1S/C29H27F6N3O4/c1-17(37-8-11-41-12-9-37)38-25(18-13-19(28(30,31)32)15-20(14-18)29(33,34)35)24(22-6-2-3-7-23(22)27(38)40)26(39)36-16-21-5-4-10-42-21/h2-7,10,13-15,17,24-25H,8-9,11-12,16H2,1H3,(H,36,39). The van der Waals surface area contributed by atoms with Gasteiger partial charge in [-0.15, -0.1) is 0 Å². The van der Waals surface area contributed by atoms with Gasteiger partial charge in [-0.1, -0.05) is 18.2 Å². The average Bonchev–Trinajstić information content (AvgIpc) is 3.49. The number of benzene rings is 2. The highest BCUT2D eigenvalue weighted by atomic mass is 19.4. The van der Waals surface area contributed by atoms with Crippen LogP contribution in [0.3, 0.4) is 0 Å². The molecule has 1 saturated heterocycles. The number of ether oxygens (including phenoxy) is 1. The second kappa shape index (κ2) is 11.4. The van der Waals surface area contributed by atoms with E-state index in [0.29, 0.717) is 44.2 Å². The molecule has 0 spiro atoms. The molecule has 0 saturated carbocycles. The van der Waals surface area contributed by atoms with E-state index in [1.807, 2.05) is 4.90 Å². The van der Waals surface area contributed by atoms with E-state index in [2.05, 4.69) is 5.32 Å². The van der Waals surface area contributed by atoms with Gasteiger partial charge in [0.15, 0.2) is 0 Å². The number of morpholine rings is 1. The summed E-state index contributed by atoms with van der Waals surface area (Å²) in [5.74, 6) is -2.27. The van der Waals surface area contributed by atoms with Crippen LogP contribution >= 0.6 is 0 Å². The normalized spacial score (nSPS) is 20.7. The summed E-state index contributed by atoms with van der Waals surface area (Å²) in [7, 11) is 0. The first-order valence-electron chi connectivity index (χ1n) is 13.2. The van der Waals surface area contributed by atoms with Crippen molar-refractivity contribution in [2.75, 3.05) is 26.3 Å². The molecule has 7 nitrogen and oxygen atoms in total. The zero-order chi connectivity index (χ0) is 30.2. The van der Waals surface area contributed by atoms with E-state index in [1.54, 1.807) is 31.2 Å². The maximum Gasteiger partial charge on any atom is 0.416 e. The number of alkyl halides is 6. The fraction of sp³-hybridized carbons (Fsp3) is 0.379. The molecule has 2 amide bonds. The van der Waals surface area contributed by atoms with Crippen LogP contribution in [0.1, 0.15) is 57.3 Å². The molecule has 224 valence electrons. The number of carbonyl (C=O) groups excluding carboxylic acids is 2. The Kier molecular flexibility index (Phi) is 8.08. The molecule has 3 heterocycles. The number of nitrogens with one attached hydrogen (secondary N) is 1. The van der Waals surface area contributed by atoms with Crippen molar-refractivity contribution in [1.82, 2.24) is 15.1 Å². The summed E-state index contributed by atoms with van der Waals surface area (Å²) in [6.45, 7) is 2.93. The minimum absolute atomic E-state index is 0.0316. The van der Waals surface area contributed by atoms with Crippen LogP contribution in [-0.4, -0.2) is 54.1 Å². The molecule has 2 aliphatic rings. The van der Waals surface area contributed by atoms with Gasteiger partial charge >= 0.3 is 12.4 Å². The Hall–Kier alpha value is -3.84. The lowest BCUT2D eigenvalue weighted by Crippen LogP contribution is -2.57. The third kappa shape index (κ3) is 5.88. The van der Waals surface area contributed by atoms with Crippen LogP contribution in [0.15, 0.2) is 65.3 Å². The highest BCUT2D eigenvalue weighted by molar-refractivity contribution is 6.01. The number of halogens is 6. The lowest BCUT2D eigenvalue weighted by molar-refractivity contribution is -0.143. The van der Waals surface area contributed by atoms with Gasteiger partial charge in [0.05, 0.1) is 55.3 Å². The van der Waals surface area contributed by atoms with Crippen molar-refractivity contribution in [2.45, 2.75) is 43.9 Å². The number of fused-ring (bicyclic) bond motifs is 1. The molecule has 13 heteroatoms. The molecule has 2 aliphatic heterocycles. The molecule has 42 heavy (non-hydrogen) atoms. The van der Waals surface area contributed by atoms with Crippen LogP contribution in [-0.2, 0) is 28.4 Å². The Morgan fingerprint density at radius 1 is 0.976 bits per heavy atom. The molecule has 0 bridgehead atoms. The Morgan fingerprint density at radius 2 is 1.62 bits per heavy atom. The van der Waals surface area contributed by atoms with Gasteiger partial charge in [0.1, 0.15) is 5.76 Å². The van der Waals surface area contributed by atoms with E-state index in [-0.39, 0.29) is 23.7 Å². The predicted octanol–water partition coefficient (Wildman–Crippen LogP) is 5.59. The largest absolute Gasteiger partial charge is 0.467 e. The maximum atomic E-state index is 14.0. The Labute approximate surface area is 237 Å². The van der Waals surface area contributed by atoms with Crippen molar-refractivity contribution in [3.63, 3.8) is 0 Å². The van der Waals surface area contributed by atoms with E-state index in [1.165, 1.54) is 23.3 Å². The Morgan fingerprint density at radius 3 is 2.21 bits per heavy atom. The van der Waals surface area contributed by atoms with Gasteiger partial charge in [-0.05, 0) is 54.4 Å². The molecular weight excluding hydrogens is 568 g/mol. The molecule has 0 aliphatic carbocycles. The summed E-state index contributed by atoms with van der Waals surface area (Å²) in [6, 6.07) is 9.04. The van der Waals surface area contributed by atoms with E-state index in [4.69, 9.17) is 9.15 Å². The predicted molar refractivity (Wildman–Crippen MR) is 137 cm³/mol. The van der Waals surface area contributed by atoms with Gasteiger partial charge < -0.3 is 19.4 Å². The summed E-state index contributed by atoms with van der Waals surface area (Å²) >= 11 is 0. The SMILES string of the molecule is CC(N1CCOCC1)N1C(=O)c2ccccc2C(C(=O)NCc2ccco2)C1c1cc(C(F)(F)F)cc(C(F)(F)F)c1.